The molecule has 0 saturated carbocycles. The number of aliphatic carboxylic acids is 2. The Morgan fingerprint density at radius 3 is 1.62 bits per heavy atom. The number of benzene rings is 1. The van der Waals surface area contributed by atoms with Crippen LogP contribution < -0.4 is 27.0 Å². The smallest absolute Gasteiger partial charge is 0.321 e. The maximum absolute atomic E-state index is 11.8. The van der Waals surface area contributed by atoms with Gasteiger partial charge < -0.3 is 31.7 Å². The molecule has 226 valence electrons. The van der Waals surface area contributed by atoms with Crippen molar-refractivity contribution in [2.75, 3.05) is 19.6 Å². The lowest BCUT2D eigenvalue weighted by Crippen LogP contribution is -2.53. The standard InChI is InChI=1S/C14H22N2O3S.C6H13NO2S.C5H11NO2S/c1-14(2,20-4)12(13(17)16-18)15-9-10-5-7-11(19-3)8-6-10;1-6(2,10-3)4(7)5(8)9;1-5(2,9)3(6)4(7)8/h5-8,12,15,18H,9H2,1-4H3,(H,16,17);4H,7H2,1-3H3,(H,8,9);3,9H,6H2,1-2H3,(H,7,8). The molecule has 0 saturated heterocycles. The van der Waals surface area contributed by atoms with Crippen molar-refractivity contribution in [3.05, 3.63) is 29.8 Å². The Morgan fingerprint density at radius 1 is 0.923 bits per heavy atom. The fraction of sp³-hybridized carbons (Fsp3) is 0.640. The van der Waals surface area contributed by atoms with Crippen LogP contribution in [0.1, 0.15) is 47.1 Å². The van der Waals surface area contributed by atoms with Crippen LogP contribution in [0, 0.1) is 0 Å². The van der Waals surface area contributed by atoms with Gasteiger partial charge in [0.1, 0.15) is 23.9 Å². The summed E-state index contributed by atoms with van der Waals surface area (Å²) in [5, 5.41) is 28.9. The number of methoxy groups -OCH3 is 1. The van der Waals surface area contributed by atoms with E-state index < -0.39 is 40.7 Å². The Labute approximate surface area is 245 Å². The van der Waals surface area contributed by atoms with E-state index in [1.54, 1.807) is 38.2 Å². The number of ether oxygens (including phenoxy) is 1. The number of rotatable bonds is 12. The molecule has 0 bridgehead atoms. The molecular formula is C25H46N4O7S3. The summed E-state index contributed by atoms with van der Waals surface area (Å²) in [5.41, 5.74) is 13.4. The number of nitrogens with one attached hydrogen (secondary N) is 2. The average Bonchev–Trinajstić information content (AvgIpc) is 2.87. The molecule has 39 heavy (non-hydrogen) atoms. The first-order valence-electron chi connectivity index (χ1n) is 11.8. The maximum Gasteiger partial charge on any atom is 0.321 e. The van der Waals surface area contributed by atoms with Crippen molar-refractivity contribution >= 4 is 54.0 Å². The Kier molecular flexibility index (Phi) is 18.1. The minimum absolute atomic E-state index is 0.334. The van der Waals surface area contributed by atoms with E-state index in [9.17, 15) is 14.4 Å². The Hall–Kier alpha value is -1.68. The predicted molar refractivity (Wildman–Crippen MR) is 163 cm³/mol. The first kappa shape index (κ1) is 39.5. The molecule has 0 aromatic heterocycles. The quantitative estimate of drug-likeness (QED) is 0.0979. The van der Waals surface area contributed by atoms with E-state index in [0.29, 0.717) is 6.54 Å². The number of hydrogen-bond donors (Lipinski definition) is 8. The van der Waals surface area contributed by atoms with Crippen LogP contribution in [-0.4, -0.2) is 85.3 Å². The zero-order chi connectivity index (χ0) is 31.2. The van der Waals surface area contributed by atoms with Gasteiger partial charge in [0.05, 0.1) is 7.11 Å². The number of hydroxylamine groups is 1. The van der Waals surface area contributed by atoms with Crippen LogP contribution in [0.5, 0.6) is 5.75 Å². The highest BCUT2D eigenvalue weighted by molar-refractivity contribution is 8.00. The Morgan fingerprint density at radius 2 is 1.36 bits per heavy atom. The summed E-state index contributed by atoms with van der Waals surface area (Å²) < 4.78 is 3.74. The highest BCUT2D eigenvalue weighted by Gasteiger charge is 2.34. The van der Waals surface area contributed by atoms with Gasteiger partial charge in [-0.15, -0.1) is 0 Å². The molecule has 0 aliphatic heterocycles. The molecule has 0 spiro atoms. The van der Waals surface area contributed by atoms with Crippen molar-refractivity contribution in [3.8, 4) is 5.75 Å². The van der Waals surface area contributed by atoms with Gasteiger partial charge in [-0.1, -0.05) is 12.1 Å². The van der Waals surface area contributed by atoms with E-state index in [-0.39, 0.29) is 9.49 Å². The summed E-state index contributed by atoms with van der Waals surface area (Å²) in [5.74, 6) is -1.60. The number of carbonyl (C=O) groups is 3. The van der Waals surface area contributed by atoms with E-state index in [1.165, 1.54) is 11.8 Å². The molecule has 14 heteroatoms. The van der Waals surface area contributed by atoms with Crippen molar-refractivity contribution in [1.82, 2.24) is 10.8 Å². The largest absolute Gasteiger partial charge is 0.497 e. The predicted octanol–water partition coefficient (Wildman–Crippen LogP) is 2.45. The number of hydrogen-bond acceptors (Lipinski definition) is 11. The molecule has 0 aliphatic rings. The lowest BCUT2D eigenvalue weighted by Gasteiger charge is -2.31. The van der Waals surface area contributed by atoms with E-state index in [1.807, 2.05) is 64.5 Å². The maximum atomic E-state index is 11.8. The van der Waals surface area contributed by atoms with Crippen LogP contribution in [-0.2, 0) is 20.9 Å². The molecule has 0 fully saturated rings. The fourth-order valence-corrected chi connectivity index (χ4v) is 3.42. The zero-order valence-corrected chi connectivity index (χ0v) is 26.7. The van der Waals surface area contributed by atoms with Crippen molar-refractivity contribution < 1.29 is 34.5 Å². The molecule has 1 rings (SSSR count). The fourth-order valence-electron chi connectivity index (χ4n) is 2.53. The summed E-state index contributed by atoms with van der Waals surface area (Å²) in [6, 6.07) is 5.43. The van der Waals surface area contributed by atoms with Gasteiger partial charge in [0.15, 0.2) is 0 Å². The number of amides is 1. The highest BCUT2D eigenvalue weighted by atomic mass is 32.2. The van der Waals surface area contributed by atoms with Gasteiger partial charge in [-0.25, -0.2) is 5.48 Å². The van der Waals surface area contributed by atoms with E-state index >= 15 is 0 Å². The molecule has 11 nitrogen and oxygen atoms in total. The van der Waals surface area contributed by atoms with Crippen LogP contribution in [0.15, 0.2) is 24.3 Å². The zero-order valence-electron chi connectivity index (χ0n) is 24.1. The molecule has 1 amide bonds. The number of carbonyl (C=O) groups excluding carboxylic acids is 1. The summed E-state index contributed by atoms with van der Waals surface area (Å²) in [6.07, 6.45) is 3.79. The SMILES string of the molecule is CC(C)(S)C(N)C(=O)O.COc1ccc(CNC(C(=O)NO)C(C)(C)SC)cc1.CSC(C)(C)C(N)C(=O)O. The first-order valence-corrected chi connectivity index (χ1v) is 14.7. The normalized spacial score (nSPS) is 13.9. The first-order chi connectivity index (χ1) is 17.7. The van der Waals surface area contributed by atoms with Gasteiger partial charge in [-0.05, 0) is 71.8 Å². The number of thiol groups is 1. The van der Waals surface area contributed by atoms with Gasteiger partial charge in [0.2, 0.25) is 0 Å². The topological polar surface area (TPSA) is 197 Å². The summed E-state index contributed by atoms with van der Waals surface area (Å²) in [7, 11) is 1.62. The second-order valence-electron chi connectivity index (χ2n) is 10.0. The van der Waals surface area contributed by atoms with Crippen molar-refractivity contribution in [3.63, 3.8) is 0 Å². The molecule has 0 heterocycles. The van der Waals surface area contributed by atoms with E-state index in [0.717, 1.165) is 11.3 Å². The Bertz CT molecular complexity index is 895. The molecule has 1 aromatic rings. The third-order valence-electron chi connectivity index (χ3n) is 5.83. The number of nitrogens with two attached hydrogens (primary N) is 2. The molecule has 3 atom stereocenters. The van der Waals surface area contributed by atoms with Crippen LogP contribution in [0.4, 0.5) is 0 Å². The summed E-state index contributed by atoms with van der Waals surface area (Å²) in [4.78, 5) is 32.3. The highest BCUT2D eigenvalue weighted by Crippen LogP contribution is 2.26. The Balaban J connectivity index is 0. The lowest BCUT2D eigenvalue weighted by molar-refractivity contribution is -0.140. The minimum atomic E-state index is -1.02. The van der Waals surface area contributed by atoms with Crippen LogP contribution in [0.25, 0.3) is 0 Å². The summed E-state index contributed by atoms with van der Waals surface area (Å²) in [6.45, 7) is 11.4. The number of carboxylic acid groups (broad SMARTS) is 2. The molecule has 0 aliphatic carbocycles. The van der Waals surface area contributed by atoms with Crippen molar-refractivity contribution in [1.29, 1.82) is 0 Å². The molecule has 9 N–H and O–H groups in total. The van der Waals surface area contributed by atoms with Crippen molar-refractivity contribution in [2.45, 2.75) is 80.5 Å². The summed E-state index contributed by atoms with van der Waals surface area (Å²) >= 11 is 7.01. The van der Waals surface area contributed by atoms with E-state index in [4.69, 9.17) is 31.6 Å². The van der Waals surface area contributed by atoms with Crippen LogP contribution >= 0.6 is 36.2 Å². The molecule has 3 unspecified atom stereocenters. The van der Waals surface area contributed by atoms with Gasteiger partial charge >= 0.3 is 11.9 Å². The van der Waals surface area contributed by atoms with Gasteiger partial charge in [0, 0.05) is 20.8 Å². The van der Waals surface area contributed by atoms with Gasteiger partial charge in [-0.3, -0.25) is 19.6 Å². The van der Waals surface area contributed by atoms with Crippen molar-refractivity contribution in [2.24, 2.45) is 11.5 Å². The van der Waals surface area contributed by atoms with Gasteiger partial charge in [0.25, 0.3) is 5.91 Å². The average molecular weight is 611 g/mol. The minimum Gasteiger partial charge on any atom is -0.497 e. The molecular weight excluding hydrogens is 564 g/mol. The van der Waals surface area contributed by atoms with Gasteiger partial charge in [-0.2, -0.15) is 36.2 Å². The van der Waals surface area contributed by atoms with E-state index in [2.05, 4.69) is 17.9 Å². The van der Waals surface area contributed by atoms with Crippen LogP contribution in [0.2, 0.25) is 0 Å². The monoisotopic (exact) mass is 610 g/mol. The van der Waals surface area contributed by atoms with Crippen LogP contribution in [0.3, 0.4) is 0 Å². The molecule has 0 radical (unpaired) electrons. The second-order valence-corrected chi connectivity index (χ2v) is 14.1. The number of thioether (sulfide) groups is 2. The molecule has 1 aromatic carbocycles. The number of carboxylic acids is 2. The third kappa shape index (κ3) is 15.0. The second kappa shape index (κ2) is 17.9. The third-order valence-corrected chi connectivity index (χ3v) is 8.70. The lowest BCUT2D eigenvalue weighted by atomic mass is 10.0.